The molecule has 0 aliphatic heterocycles. The van der Waals surface area contributed by atoms with Crippen LogP contribution in [0, 0.1) is 6.92 Å². The third kappa shape index (κ3) is 0.796. The number of hydrogen-bond donors (Lipinski definition) is 1. The van der Waals surface area contributed by atoms with Crippen LogP contribution in [0.5, 0.6) is 0 Å². The van der Waals surface area contributed by atoms with Crippen molar-refractivity contribution >= 4 is 0 Å². The summed E-state index contributed by atoms with van der Waals surface area (Å²) in [4.78, 5) is 0. The summed E-state index contributed by atoms with van der Waals surface area (Å²) in [6.45, 7) is 3.66. The van der Waals surface area contributed by atoms with Crippen molar-refractivity contribution in [1.82, 2.24) is 10.2 Å². The fourth-order valence-electron chi connectivity index (χ4n) is 0.424. The summed E-state index contributed by atoms with van der Waals surface area (Å²) >= 11 is 0. The molecule has 0 spiro atoms. The third-order valence-corrected chi connectivity index (χ3v) is 0.828. The number of rotatable bonds is 1. The van der Waals surface area contributed by atoms with Gasteiger partial charge in [0, 0.05) is 11.9 Å². The molecule has 0 aliphatic rings. The van der Waals surface area contributed by atoms with Gasteiger partial charge in [0.25, 0.3) is 0 Å². The van der Waals surface area contributed by atoms with Crippen LogP contribution in [-0.2, 0) is 6.42 Å². The van der Waals surface area contributed by atoms with Crippen LogP contribution in [0.15, 0.2) is 12.3 Å². The van der Waals surface area contributed by atoms with Crippen LogP contribution >= 0.6 is 0 Å². The monoisotopic (exact) mass is 95.1 g/mol. The van der Waals surface area contributed by atoms with Gasteiger partial charge in [0.2, 0.25) is 0 Å². The maximum Gasteiger partial charge on any atom is 0.0490 e. The summed E-state index contributed by atoms with van der Waals surface area (Å²) in [5, 5.41) is 6.50. The molecule has 37 valence electrons. The molecule has 1 heterocycles. The molecular formula is C5H7N2. The Hall–Kier alpha value is -0.790. The number of aromatic nitrogens is 2. The predicted octanol–water partition coefficient (Wildman–Crippen LogP) is 0.786. The van der Waals surface area contributed by atoms with E-state index in [9.17, 15) is 0 Å². The van der Waals surface area contributed by atoms with Crippen LogP contribution in [0.2, 0.25) is 0 Å². The van der Waals surface area contributed by atoms with Crippen molar-refractivity contribution in [3.8, 4) is 0 Å². The molecule has 0 fully saturated rings. The van der Waals surface area contributed by atoms with Gasteiger partial charge in [0.05, 0.1) is 0 Å². The first kappa shape index (κ1) is 4.37. The van der Waals surface area contributed by atoms with Crippen LogP contribution in [0.3, 0.4) is 0 Å². The van der Waals surface area contributed by atoms with E-state index < -0.39 is 0 Å². The standard InChI is InChI=1S/C5H7N2/c1-2-5-3-4-6-7-5/h3-4H,1-2H2,(H,6,7). The maximum atomic E-state index is 3.73. The van der Waals surface area contributed by atoms with Gasteiger partial charge in [-0.1, -0.05) is 0 Å². The third-order valence-electron chi connectivity index (χ3n) is 0.828. The fraction of sp³-hybridized carbons (Fsp3) is 0.200. The molecule has 0 bridgehead atoms. The quantitative estimate of drug-likeness (QED) is 0.548. The average Bonchev–Trinajstić information content (AvgIpc) is 2.14. The van der Waals surface area contributed by atoms with Crippen molar-refractivity contribution in [2.45, 2.75) is 6.42 Å². The van der Waals surface area contributed by atoms with Gasteiger partial charge in [0.1, 0.15) is 0 Å². The van der Waals surface area contributed by atoms with E-state index >= 15 is 0 Å². The van der Waals surface area contributed by atoms with E-state index in [0.717, 1.165) is 12.1 Å². The molecule has 1 N–H and O–H groups in total. The van der Waals surface area contributed by atoms with E-state index in [2.05, 4.69) is 17.1 Å². The SMILES string of the molecule is [CH2]Cc1ccn[nH]1. The topological polar surface area (TPSA) is 28.7 Å². The molecule has 0 aliphatic carbocycles. The number of aromatic amines is 1. The Balaban J connectivity index is 2.76. The molecule has 2 heteroatoms. The van der Waals surface area contributed by atoms with Crippen LogP contribution in [0.4, 0.5) is 0 Å². The highest BCUT2D eigenvalue weighted by Gasteiger charge is 1.82. The van der Waals surface area contributed by atoms with E-state index in [-0.39, 0.29) is 0 Å². The summed E-state index contributed by atoms with van der Waals surface area (Å²) in [7, 11) is 0. The first-order chi connectivity index (χ1) is 3.43. The summed E-state index contributed by atoms with van der Waals surface area (Å²) in [5.74, 6) is 0. The molecule has 1 aromatic rings. The molecule has 0 atom stereocenters. The lowest BCUT2D eigenvalue weighted by Gasteiger charge is -1.79. The lowest BCUT2D eigenvalue weighted by molar-refractivity contribution is 1.01. The van der Waals surface area contributed by atoms with Crippen LogP contribution in [-0.4, -0.2) is 10.2 Å². The smallest absolute Gasteiger partial charge is 0.0490 e. The molecule has 1 rings (SSSR count). The Kier molecular flexibility index (Phi) is 1.11. The van der Waals surface area contributed by atoms with E-state index in [1.54, 1.807) is 6.20 Å². The van der Waals surface area contributed by atoms with E-state index in [0.29, 0.717) is 0 Å². The zero-order chi connectivity index (χ0) is 5.11. The van der Waals surface area contributed by atoms with Crippen LogP contribution in [0.1, 0.15) is 5.69 Å². The van der Waals surface area contributed by atoms with Crippen molar-refractivity contribution in [3.63, 3.8) is 0 Å². The first-order valence-corrected chi connectivity index (χ1v) is 2.21. The minimum Gasteiger partial charge on any atom is -0.283 e. The van der Waals surface area contributed by atoms with Crippen molar-refractivity contribution in [2.75, 3.05) is 0 Å². The van der Waals surface area contributed by atoms with Gasteiger partial charge in [-0.25, -0.2) is 0 Å². The van der Waals surface area contributed by atoms with Gasteiger partial charge >= 0.3 is 0 Å². The number of hydrogen-bond acceptors (Lipinski definition) is 1. The van der Waals surface area contributed by atoms with Crippen molar-refractivity contribution in [1.29, 1.82) is 0 Å². The molecule has 7 heavy (non-hydrogen) atoms. The Labute approximate surface area is 42.6 Å². The number of nitrogens with zero attached hydrogens (tertiary/aromatic N) is 1. The Morgan fingerprint density at radius 3 is 3.00 bits per heavy atom. The Morgan fingerprint density at radius 1 is 1.86 bits per heavy atom. The lowest BCUT2D eigenvalue weighted by Crippen LogP contribution is -1.76. The molecular weight excluding hydrogens is 88.1 g/mol. The molecule has 1 radical (unpaired) electrons. The normalized spacial score (nSPS) is 9.29. The molecule has 0 aromatic carbocycles. The van der Waals surface area contributed by atoms with Crippen molar-refractivity contribution < 1.29 is 0 Å². The predicted molar refractivity (Wildman–Crippen MR) is 27.6 cm³/mol. The highest BCUT2D eigenvalue weighted by molar-refractivity contribution is 4.97. The first-order valence-electron chi connectivity index (χ1n) is 2.21. The minimum atomic E-state index is 0.792. The number of H-pyrrole nitrogens is 1. The summed E-state index contributed by atoms with van der Waals surface area (Å²) in [6.07, 6.45) is 2.51. The van der Waals surface area contributed by atoms with Gasteiger partial charge in [0.15, 0.2) is 0 Å². The molecule has 0 saturated carbocycles. The van der Waals surface area contributed by atoms with Gasteiger partial charge in [-0.15, -0.1) is 0 Å². The van der Waals surface area contributed by atoms with Gasteiger partial charge < -0.3 is 0 Å². The van der Waals surface area contributed by atoms with Crippen LogP contribution in [0.25, 0.3) is 0 Å². The fourth-order valence-corrected chi connectivity index (χ4v) is 0.424. The highest BCUT2D eigenvalue weighted by atomic mass is 15.1. The molecule has 0 saturated heterocycles. The molecule has 0 amide bonds. The highest BCUT2D eigenvalue weighted by Crippen LogP contribution is 1.88. The van der Waals surface area contributed by atoms with Crippen molar-refractivity contribution in [3.05, 3.63) is 24.9 Å². The van der Waals surface area contributed by atoms with E-state index in [1.807, 2.05) is 6.07 Å². The molecule has 2 nitrogen and oxygen atoms in total. The number of nitrogens with one attached hydrogen (secondary N) is 1. The Bertz CT molecular complexity index is 121. The van der Waals surface area contributed by atoms with Gasteiger partial charge in [-0.3, -0.25) is 5.10 Å². The van der Waals surface area contributed by atoms with E-state index in [4.69, 9.17) is 0 Å². The van der Waals surface area contributed by atoms with Crippen LogP contribution < -0.4 is 0 Å². The van der Waals surface area contributed by atoms with E-state index in [1.165, 1.54) is 0 Å². The van der Waals surface area contributed by atoms with Gasteiger partial charge in [-0.05, 0) is 19.4 Å². The lowest BCUT2D eigenvalue weighted by atomic mass is 10.4. The van der Waals surface area contributed by atoms with Crippen molar-refractivity contribution in [2.24, 2.45) is 0 Å². The molecule has 1 aromatic heterocycles. The second kappa shape index (κ2) is 1.78. The second-order valence-corrected chi connectivity index (χ2v) is 1.33. The summed E-state index contributed by atoms with van der Waals surface area (Å²) in [5.41, 5.74) is 1.08. The molecule has 0 unspecified atom stereocenters. The second-order valence-electron chi connectivity index (χ2n) is 1.33. The maximum absolute atomic E-state index is 3.73. The average molecular weight is 95.1 g/mol. The largest absolute Gasteiger partial charge is 0.283 e. The van der Waals surface area contributed by atoms with Gasteiger partial charge in [-0.2, -0.15) is 5.10 Å². The summed E-state index contributed by atoms with van der Waals surface area (Å²) in [6, 6.07) is 1.91. The zero-order valence-electron chi connectivity index (χ0n) is 4.02. The minimum absolute atomic E-state index is 0.792. The summed E-state index contributed by atoms with van der Waals surface area (Å²) < 4.78 is 0. The Morgan fingerprint density at radius 2 is 2.71 bits per heavy atom. The zero-order valence-corrected chi connectivity index (χ0v) is 4.02.